The molecule has 6 heteroatoms. The minimum atomic E-state index is 0.125. The van der Waals surface area contributed by atoms with Crippen LogP contribution in [0.2, 0.25) is 0 Å². The molecule has 2 heterocycles. The van der Waals surface area contributed by atoms with Crippen LogP contribution in [0.15, 0.2) is 60.8 Å². The first kappa shape index (κ1) is 18.8. The Morgan fingerprint density at radius 2 is 1.69 bits per heavy atom. The maximum Gasteiger partial charge on any atom is 0.172 e. The van der Waals surface area contributed by atoms with Crippen LogP contribution in [0.25, 0.3) is 28.2 Å². The Kier molecular flexibility index (Phi) is 5.08. The van der Waals surface area contributed by atoms with E-state index in [9.17, 15) is 0 Å². The number of pyridine rings is 1. The van der Waals surface area contributed by atoms with Gasteiger partial charge in [-0.05, 0) is 61.4 Å². The minimum absolute atomic E-state index is 0.125. The molecule has 0 spiro atoms. The van der Waals surface area contributed by atoms with Gasteiger partial charge in [-0.2, -0.15) is 0 Å². The summed E-state index contributed by atoms with van der Waals surface area (Å²) in [6.45, 7) is 4.04. The molecule has 0 saturated heterocycles. The van der Waals surface area contributed by atoms with Crippen LogP contribution in [0.4, 0.5) is 0 Å². The molecule has 0 radical (unpaired) electrons. The molecule has 0 unspecified atom stereocenters. The summed E-state index contributed by atoms with van der Waals surface area (Å²) < 4.78 is 18.6. The summed E-state index contributed by atoms with van der Waals surface area (Å²) in [7, 11) is 3.26. The van der Waals surface area contributed by atoms with Gasteiger partial charge in [-0.1, -0.05) is 12.1 Å². The molecule has 2 aromatic heterocycles. The lowest BCUT2D eigenvalue weighted by Gasteiger charge is -2.12. The van der Waals surface area contributed by atoms with Crippen molar-refractivity contribution in [2.24, 2.45) is 0 Å². The molecule has 29 heavy (non-hydrogen) atoms. The quantitative estimate of drug-likeness (QED) is 0.471. The predicted molar refractivity (Wildman–Crippen MR) is 113 cm³/mol. The Bertz CT molecular complexity index is 1150. The van der Waals surface area contributed by atoms with Gasteiger partial charge in [0.2, 0.25) is 0 Å². The number of ether oxygens (including phenoxy) is 3. The van der Waals surface area contributed by atoms with E-state index in [1.807, 2.05) is 73.0 Å². The Balaban J connectivity index is 1.80. The molecule has 0 atom stereocenters. The Morgan fingerprint density at radius 3 is 2.45 bits per heavy atom. The van der Waals surface area contributed by atoms with Crippen molar-refractivity contribution in [3.8, 4) is 39.8 Å². The summed E-state index contributed by atoms with van der Waals surface area (Å²) in [6.07, 6.45) is 2.16. The van der Waals surface area contributed by atoms with Gasteiger partial charge in [0.05, 0.1) is 25.9 Å². The van der Waals surface area contributed by atoms with E-state index in [1.54, 1.807) is 14.2 Å². The van der Waals surface area contributed by atoms with Gasteiger partial charge in [0.1, 0.15) is 17.2 Å². The fourth-order valence-electron chi connectivity index (χ4n) is 3.25. The number of hydrogen-bond donors (Lipinski definition) is 0. The molecule has 0 fully saturated rings. The van der Waals surface area contributed by atoms with E-state index in [0.717, 1.165) is 33.8 Å². The van der Waals surface area contributed by atoms with Gasteiger partial charge < -0.3 is 14.2 Å². The zero-order valence-corrected chi connectivity index (χ0v) is 16.9. The third-order valence-corrected chi connectivity index (χ3v) is 4.59. The van der Waals surface area contributed by atoms with Gasteiger partial charge in [0.15, 0.2) is 11.5 Å². The van der Waals surface area contributed by atoms with Crippen molar-refractivity contribution in [1.29, 1.82) is 0 Å². The minimum Gasteiger partial charge on any atom is -0.497 e. The van der Waals surface area contributed by atoms with Gasteiger partial charge in [0, 0.05) is 12.3 Å². The van der Waals surface area contributed by atoms with Gasteiger partial charge in [-0.25, -0.2) is 0 Å². The van der Waals surface area contributed by atoms with Gasteiger partial charge >= 0.3 is 0 Å². The molecular weight excluding hydrogens is 366 g/mol. The van der Waals surface area contributed by atoms with Crippen molar-refractivity contribution in [2.45, 2.75) is 20.0 Å². The molecule has 0 N–H and O–H groups in total. The second-order valence-electron chi connectivity index (χ2n) is 6.93. The molecule has 0 bridgehead atoms. The normalized spacial score (nSPS) is 11.1. The van der Waals surface area contributed by atoms with Crippen molar-refractivity contribution < 1.29 is 14.2 Å². The number of methoxy groups -OCH3 is 2. The van der Waals surface area contributed by atoms with Crippen molar-refractivity contribution in [3.63, 3.8) is 0 Å². The fourth-order valence-corrected chi connectivity index (χ4v) is 3.25. The highest BCUT2D eigenvalue weighted by Gasteiger charge is 2.15. The maximum absolute atomic E-state index is 5.83. The van der Waals surface area contributed by atoms with Gasteiger partial charge in [-0.15, -0.1) is 10.2 Å². The van der Waals surface area contributed by atoms with Gasteiger partial charge in [-0.3, -0.25) is 4.40 Å². The van der Waals surface area contributed by atoms with Gasteiger partial charge in [0.25, 0.3) is 0 Å². The van der Waals surface area contributed by atoms with Crippen molar-refractivity contribution in [3.05, 3.63) is 60.8 Å². The van der Waals surface area contributed by atoms with Crippen LogP contribution in [0.5, 0.6) is 17.2 Å². The first-order valence-electron chi connectivity index (χ1n) is 9.43. The third kappa shape index (κ3) is 3.74. The van der Waals surface area contributed by atoms with E-state index < -0.39 is 0 Å². The van der Waals surface area contributed by atoms with Crippen LogP contribution in [-0.4, -0.2) is 34.9 Å². The molecule has 0 amide bonds. The van der Waals surface area contributed by atoms with Crippen LogP contribution in [0.3, 0.4) is 0 Å². The van der Waals surface area contributed by atoms with E-state index in [-0.39, 0.29) is 6.10 Å². The van der Waals surface area contributed by atoms with Crippen LogP contribution < -0.4 is 14.2 Å². The van der Waals surface area contributed by atoms with E-state index in [1.165, 1.54) is 0 Å². The molecule has 0 aliphatic heterocycles. The van der Waals surface area contributed by atoms with E-state index in [2.05, 4.69) is 16.3 Å². The molecule has 2 aromatic carbocycles. The zero-order valence-electron chi connectivity index (χ0n) is 16.9. The average Bonchev–Trinajstić information content (AvgIpc) is 3.16. The highest BCUT2D eigenvalue weighted by Crippen LogP contribution is 2.33. The second-order valence-corrected chi connectivity index (χ2v) is 6.93. The summed E-state index contributed by atoms with van der Waals surface area (Å²) >= 11 is 0. The molecular formula is C23H23N3O3. The average molecular weight is 389 g/mol. The Labute approximate surface area is 169 Å². The number of fused-ring (bicyclic) bond motifs is 1. The SMILES string of the molecule is COc1ccc(-c2nnc3ccc(-c4cccc(OC(C)C)c4)cn23)c(OC)c1. The fraction of sp³-hybridized carbons (Fsp3) is 0.217. The number of benzene rings is 2. The lowest BCUT2D eigenvalue weighted by molar-refractivity contribution is 0.242. The summed E-state index contributed by atoms with van der Waals surface area (Å²) in [4.78, 5) is 0. The molecule has 0 aliphatic rings. The molecule has 6 nitrogen and oxygen atoms in total. The molecule has 4 aromatic rings. The summed E-state index contributed by atoms with van der Waals surface area (Å²) in [5.41, 5.74) is 3.71. The van der Waals surface area contributed by atoms with Crippen LogP contribution in [0, 0.1) is 0 Å². The third-order valence-electron chi connectivity index (χ3n) is 4.59. The lowest BCUT2D eigenvalue weighted by atomic mass is 10.1. The Morgan fingerprint density at radius 1 is 0.828 bits per heavy atom. The summed E-state index contributed by atoms with van der Waals surface area (Å²) in [5, 5.41) is 8.70. The van der Waals surface area contributed by atoms with Crippen molar-refractivity contribution >= 4 is 5.65 Å². The van der Waals surface area contributed by atoms with Crippen LogP contribution in [-0.2, 0) is 0 Å². The van der Waals surface area contributed by atoms with Crippen LogP contribution in [0.1, 0.15) is 13.8 Å². The monoisotopic (exact) mass is 389 g/mol. The highest BCUT2D eigenvalue weighted by molar-refractivity contribution is 5.71. The molecule has 0 aliphatic carbocycles. The number of aromatic nitrogens is 3. The molecule has 4 rings (SSSR count). The summed E-state index contributed by atoms with van der Waals surface area (Å²) in [5.74, 6) is 2.95. The first-order valence-corrected chi connectivity index (χ1v) is 9.43. The topological polar surface area (TPSA) is 57.9 Å². The van der Waals surface area contributed by atoms with Crippen LogP contribution >= 0.6 is 0 Å². The van der Waals surface area contributed by atoms with E-state index in [4.69, 9.17) is 14.2 Å². The number of rotatable bonds is 6. The molecule has 0 saturated carbocycles. The second kappa shape index (κ2) is 7.83. The largest absolute Gasteiger partial charge is 0.497 e. The molecule has 148 valence electrons. The summed E-state index contributed by atoms with van der Waals surface area (Å²) in [6, 6.07) is 17.7. The predicted octanol–water partition coefficient (Wildman–Crippen LogP) is 4.87. The van der Waals surface area contributed by atoms with E-state index in [0.29, 0.717) is 11.6 Å². The number of nitrogens with zero attached hydrogens (tertiary/aromatic N) is 3. The standard InChI is InChI=1S/C23H23N3O3/c1-15(2)29-19-7-5-6-16(12-19)17-8-11-22-24-25-23(26(22)14-17)20-10-9-18(27-3)13-21(20)28-4/h5-15H,1-4H3. The van der Waals surface area contributed by atoms with Crippen molar-refractivity contribution in [2.75, 3.05) is 14.2 Å². The highest BCUT2D eigenvalue weighted by atomic mass is 16.5. The van der Waals surface area contributed by atoms with E-state index >= 15 is 0 Å². The maximum atomic E-state index is 5.83. The zero-order chi connectivity index (χ0) is 20.4. The Hall–Kier alpha value is -3.54. The lowest BCUT2D eigenvalue weighted by Crippen LogP contribution is -2.05. The first-order chi connectivity index (χ1) is 14.1. The number of hydrogen-bond acceptors (Lipinski definition) is 5. The smallest absolute Gasteiger partial charge is 0.172 e. The van der Waals surface area contributed by atoms with Crippen molar-refractivity contribution in [1.82, 2.24) is 14.6 Å².